The Kier molecular flexibility index (Phi) is 7.20. The van der Waals surface area contributed by atoms with Crippen LogP contribution in [0.15, 0.2) is 0 Å². The van der Waals surface area contributed by atoms with Crippen LogP contribution in [0.25, 0.3) is 0 Å². The van der Waals surface area contributed by atoms with Crippen LogP contribution < -0.4 is 5.32 Å². The van der Waals surface area contributed by atoms with E-state index in [1.807, 2.05) is 0 Å². The Hall–Kier alpha value is -0.120. The highest BCUT2D eigenvalue weighted by atomic mass is 16.5. The van der Waals surface area contributed by atoms with E-state index in [2.05, 4.69) is 38.0 Å². The van der Waals surface area contributed by atoms with Gasteiger partial charge < -0.3 is 15.0 Å². The van der Waals surface area contributed by atoms with Crippen LogP contribution in [0.2, 0.25) is 0 Å². The molecule has 1 atom stereocenters. The van der Waals surface area contributed by atoms with Crippen molar-refractivity contribution in [3.05, 3.63) is 0 Å². The summed E-state index contributed by atoms with van der Waals surface area (Å²) >= 11 is 0. The molecule has 3 heteroatoms. The zero-order valence-electron chi connectivity index (χ0n) is 12.8. The second-order valence-corrected chi connectivity index (χ2v) is 5.84. The number of rotatable bonds is 9. The first kappa shape index (κ1) is 15.9. The Morgan fingerprint density at radius 1 is 1.28 bits per heavy atom. The first-order valence-electron chi connectivity index (χ1n) is 7.64. The van der Waals surface area contributed by atoms with Crippen LogP contribution in [0.5, 0.6) is 0 Å². The number of hydrogen-bond acceptors (Lipinski definition) is 3. The standard InChI is InChI=1S/C15H32N2O/c1-5-14(6-2)10-17(7-3)12-15(11-16-4)8-9-18-13-15/h14,16H,5-13H2,1-4H3. The summed E-state index contributed by atoms with van der Waals surface area (Å²) in [5, 5.41) is 3.35. The summed E-state index contributed by atoms with van der Waals surface area (Å²) in [6.07, 6.45) is 3.79. The maximum atomic E-state index is 5.65. The number of nitrogens with one attached hydrogen (secondary N) is 1. The molecule has 0 aromatic heterocycles. The third kappa shape index (κ3) is 4.52. The van der Waals surface area contributed by atoms with E-state index in [4.69, 9.17) is 4.74 Å². The van der Waals surface area contributed by atoms with Crippen LogP contribution in [-0.4, -0.2) is 51.3 Å². The predicted molar refractivity (Wildman–Crippen MR) is 78.0 cm³/mol. The van der Waals surface area contributed by atoms with Gasteiger partial charge in [-0.2, -0.15) is 0 Å². The van der Waals surface area contributed by atoms with E-state index in [-0.39, 0.29) is 0 Å². The van der Waals surface area contributed by atoms with Gasteiger partial charge in [0.15, 0.2) is 0 Å². The molecule has 108 valence electrons. The zero-order valence-corrected chi connectivity index (χ0v) is 12.8. The minimum Gasteiger partial charge on any atom is -0.381 e. The molecule has 1 fully saturated rings. The van der Waals surface area contributed by atoms with Crippen molar-refractivity contribution in [2.24, 2.45) is 11.3 Å². The highest BCUT2D eigenvalue weighted by molar-refractivity contribution is 4.88. The molecule has 3 nitrogen and oxygen atoms in total. The molecule has 18 heavy (non-hydrogen) atoms. The van der Waals surface area contributed by atoms with E-state index in [9.17, 15) is 0 Å². The van der Waals surface area contributed by atoms with E-state index in [1.165, 1.54) is 32.4 Å². The average molecular weight is 256 g/mol. The molecule has 0 bridgehead atoms. The molecule has 1 aliphatic rings. The quantitative estimate of drug-likeness (QED) is 0.685. The Morgan fingerprint density at radius 3 is 2.44 bits per heavy atom. The van der Waals surface area contributed by atoms with Crippen molar-refractivity contribution >= 4 is 0 Å². The molecule has 0 spiro atoms. The van der Waals surface area contributed by atoms with Gasteiger partial charge in [-0.05, 0) is 25.9 Å². The molecular weight excluding hydrogens is 224 g/mol. The summed E-state index contributed by atoms with van der Waals surface area (Å²) in [6.45, 7) is 13.4. The van der Waals surface area contributed by atoms with Crippen molar-refractivity contribution in [1.82, 2.24) is 10.2 Å². The van der Waals surface area contributed by atoms with E-state index >= 15 is 0 Å². The van der Waals surface area contributed by atoms with E-state index < -0.39 is 0 Å². The topological polar surface area (TPSA) is 24.5 Å². The maximum Gasteiger partial charge on any atom is 0.0547 e. The highest BCUT2D eigenvalue weighted by Crippen LogP contribution is 2.29. The molecule has 1 heterocycles. The van der Waals surface area contributed by atoms with Crippen LogP contribution in [0.1, 0.15) is 40.0 Å². The van der Waals surface area contributed by atoms with Gasteiger partial charge in [0.25, 0.3) is 0 Å². The lowest BCUT2D eigenvalue weighted by Gasteiger charge is -2.35. The molecule has 0 radical (unpaired) electrons. The second kappa shape index (κ2) is 8.13. The van der Waals surface area contributed by atoms with Crippen LogP contribution >= 0.6 is 0 Å². The van der Waals surface area contributed by atoms with Crippen LogP contribution in [-0.2, 0) is 4.74 Å². The van der Waals surface area contributed by atoms with Gasteiger partial charge in [-0.15, -0.1) is 0 Å². The smallest absolute Gasteiger partial charge is 0.0547 e. The summed E-state index contributed by atoms with van der Waals surface area (Å²) in [6, 6.07) is 0. The molecule has 0 aromatic rings. The molecular formula is C15H32N2O. The van der Waals surface area contributed by atoms with Crippen LogP contribution in [0, 0.1) is 11.3 Å². The summed E-state index contributed by atoms with van der Waals surface area (Å²) < 4.78 is 5.65. The van der Waals surface area contributed by atoms with Crippen molar-refractivity contribution in [2.45, 2.75) is 40.0 Å². The monoisotopic (exact) mass is 256 g/mol. The third-order valence-corrected chi connectivity index (χ3v) is 4.41. The van der Waals surface area contributed by atoms with E-state index in [0.29, 0.717) is 5.41 Å². The fraction of sp³-hybridized carbons (Fsp3) is 1.00. The molecule has 0 amide bonds. The summed E-state index contributed by atoms with van der Waals surface area (Å²) in [4.78, 5) is 2.63. The summed E-state index contributed by atoms with van der Waals surface area (Å²) in [5.74, 6) is 0.846. The van der Waals surface area contributed by atoms with E-state index in [0.717, 1.165) is 32.2 Å². The van der Waals surface area contributed by atoms with E-state index in [1.54, 1.807) is 0 Å². The fourth-order valence-electron chi connectivity index (χ4n) is 3.04. The second-order valence-electron chi connectivity index (χ2n) is 5.84. The Labute approximate surface area is 113 Å². The number of hydrogen-bond donors (Lipinski definition) is 1. The summed E-state index contributed by atoms with van der Waals surface area (Å²) in [5.41, 5.74) is 0.344. The molecule has 0 saturated carbocycles. The predicted octanol–water partition coefficient (Wildman–Crippen LogP) is 2.37. The van der Waals surface area contributed by atoms with Crippen molar-refractivity contribution in [3.8, 4) is 0 Å². The minimum atomic E-state index is 0.344. The zero-order chi connectivity index (χ0) is 13.4. The van der Waals surface area contributed by atoms with Crippen LogP contribution in [0.3, 0.4) is 0 Å². The minimum absolute atomic E-state index is 0.344. The molecule has 1 N–H and O–H groups in total. The van der Waals surface area contributed by atoms with Gasteiger partial charge in [-0.25, -0.2) is 0 Å². The Morgan fingerprint density at radius 2 is 2.00 bits per heavy atom. The van der Waals surface area contributed by atoms with Gasteiger partial charge in [-0.1, -0.05) is 33.6 Å². The van der Waals surface area contributed by atoms with Gasteiger partial charge >= 0.3 is 0 Å². The van der Waals surface area contributed by atoms with Crippen molar-refractivity contribution < 1.29 is 4.74 Å². The van der Waals surface area contributed by atoms with Crippen LogP contribution in [0.4, 0.5) is 0 Å². The molecule has 1 saturated heterocycles. The largest absolute Gasteiger partial charge is 0.381 e. The van der Waals surface area contributed by atoms with Crippen molar-refractivity contribution in [2.75, 3.05) is 46.4 Å². The lowest BCUT2D eigenvalue weighted by Crippen LogP contribution is -2.45. The lowest BCUT2D eigenvalue weighted by atomic mass is 9.86. The first-order chi connectivity index (χ1) is 8.69. The Balaban J connectivity index is 2.53. The Bertz CT molecular complexity index is 211. The molecule has 1 unspecified atom stereocenters. The SMILES string of the molecule is CCC(CC)CN(CC)CC1(CNC)CCOC1. The third-order valence-electron chi connectivity index (χ3n) is 4.41. The van der Waals surface area contributed by atoms with Gasteiger partial charge in [-0.3, -0.25) is 0 Å². The van der Waals surface area contributed by atoms with Crippen molar-refractivity contribution in [1.29, 1.82) is 0 Å². The first-order valence-corrected chi connectivity index (χ1v) is 7.64. The average Bonchev–Trinajstić information content (AvgIpc) is 2.83. The number of ether oxygens (including phenoxy) is 1. The molecule has 0 aromatic carbocycles. The maximum absolute atomic E-state index is 5.65. The number of nitrogens with zero attached hydrogens (tertiary/aromatic N) is 1. The summed E-state index contributed by atoms with van der Waals surface area (Å²) in [7, 11) is 2.05. The molecule has 0 aliphatic carbocycles. The lowest BCUT2D eigenvalue weighted by molar-refractivity contribution is 0.103. The van der Waals surface area contributed by atoms with Gasteiger partial charge in [0.05, 0.1) is 6.61 Å². The van der Waals surface area contributed by atoms with Gasteiger partial charge in [0.1, 0.15) is 0 Å². The normalized spacial score (nSPS) is 24.3. The highest BCUT2D eigenvalue weighted by Gasteiger charge is 2.35. The van der Waals surface area contributed by atoms with Crippen molar-refractivity contribution in [3.63, 3.8) is 0 Å². The molecule has 1 rings (SSSR count). The van der Waals surface area contributed by atoms with Gasteiger partial charge in [0, 0.05) is 31.7 Å². The fourth-order valence-corrected chi connectivity index (χ4v) is 3.04. The molecule has 1 aliphatic heterocycles. The van der Waals surface area contributed by atoms with Gasteiger partial charge in [0.2, 0.25) is 0 Å².